The molecule has 6 rings (SSSR count). The third-order valence-electron chi connectivity index (χ3n) is 15.8. The van der Waals surface area contributed by atoms with Gasteiger partial charge in [-0.15, -0.1) is 0 Å². The van der Waals surface area contributed by atoms with E-state index in [0.29, 0.717) is 18.4 Å². The second-order valence-corrected chi connectivity index (χ2v) is 18.0. The number of hydrogen-bond donors (Lipinski definition) is 1. The maximum atomic E-state index is 14.6. The van der Waals surface area contributed by atoms with Gasteiger partial charge in [-0.25, -0.2) is 0 Å². The molecule has 5 fully saturated rings. The highest BCUT2D eigenvalue weighted by molar-refractivity contribution is 5.84. The van der Waals surface area contributed by atoms with E-state index in [2.05, 4.69) is 51.7 Å². The van der Waals surface area contributed by atoms with Gasteiger partial charge in [0.1, 0.15) is 19.3 Å². The molecule has 0 aromatic heterocycles. The smallest absolute Gasteiger partial charge is 0.302 e. The summed E-state index contributed by atoms with van der Waals surface area (Å²) in [7, 11) is 0. The first kappa shape index (κ1) is 37.6. The molecule has 1 aromatic carbocycles. The van der Waals surface area contributed by atoms with Crippen LogP contribution in [0.1, 0.15) is 118 Å². The van der Waals surface area contributed by atoms with Crippen LogP contribution >= 0.6 is 0 Å². The summed E-state index contributed by atoms with van der Waals surface area (Å²) in [6.07, 6.45) is 9.04. The van der Waals surface area contributed by atoms with E-state index < -0.39 is 10.8 Å². The van der Waals surface area contributed by atoms with Crippen LogP contribution in [0.2, 0.25) is 0 Å². The third-order valence-corrected chi connectivity index (χ3v) is 15.8. The van der Waals surface area contributed by atoms with Gasteiger partial charge in [-0.1, -0.05) is 64.6 Å². The molecule has 0 saturated heterocycles. The Morgan fingerprint density at radius 3 is 2.14 bits per heavy atom. The maximum Gasteiger partial charge on any atom is 0.302 e. The molecule has 280 valence electrons. The van der Waals surface area contributed by atoms with Gasteiger partial charge < -0.3 is 19.5 Å². The fourth-order valence-corrected chi connectivity index (χ4v) is 13.3. The first-order valence-corrected chi connectivity index (χ1v) is 19.5. The average molecular weight is 704 g/mol. The highest BCUT2D eigenvalue weighted by Gasteiger charge is 2.72. The van der Waals surface area contributed by atoms with Gasteiger partial charge >= 0.3 is 17.9 Å². The lowest BCUT2D eigenvalue weighted by Crippen LogP contribution is -2.68. The molecule has 1 unspecified atom stereocenters. The third kappa shape index (κ3) is 6.14. The first-order chi connectivity index (χ1) is 24.0. The van der Waals surface area contributed by atoms with Gasteiger partial charge in [-0.05, 0) is 121 Å². The number of fused-ring (bicyclic) bond motifs is 7. The van der Waals surface area contributed by atoms with Crippen LogP contribution < -0.4 is 5.32 Å². The van der Waals surface area contributed by atoms with Crippen molar-refractivity contribution < 1.29 is 33.4 Å². The van der Waals surface area contributed by atoms with Crippen molar-refractivity contribution in [3.63, 3.8) is 0 Å². The van der Waals surface area contributed by atoms with Crippen molar-refractivity contribution in [2.24, 2.45) is 56.7 Å². The van der Waals surface area contributed by atoms with E-state index in [1.807, 2.05) is 18.2 Å². The highest BCUT2D eigenvalue weighted by Crippen LogP contribution is 2.77. The SMILES string of the molecule is C=C(COC(C)=O)[C@@H]1CC[C@]2(C(=O)NCc3ccccc3)CC[C@]3(C)C(CC[C@@H]4[C@@]5(C)CC[C@H](OC(C)=O)[C@@](C)(COC(C)=O)[C@@H]5CC[C@]43C)[C@@H]12. The second-order valence-electron chi connectivity index (χ2n) is 18.0. The monoisotopic (exact) mass is 703 g/mol. The zero-order chi connectivity index (χ0) is 37.0. The molecular formula is C43H61NO7. The lowest BCUT2D eigenvalue weighted by atomic mass is 9.32. The van der Waals surface area contributed by atoms with Crippen molar-refractivity contribution >= 4 is 23.8 Å². The first-order valence-electron chi connectivity index (χ1n) is 19.5. The Morgan fingerprint density at radius 1 is 0.765 bits per heavy atom. The number of ether oxygens (including phenoxy) is 3. The Morgan fingerprint density at radius 2 is 1.47 bits per heavy atom. The zero-order valence-corrected chi connectivity index (χ0v) is 32.1. The number of carbonyl (C=O) groups is 4. The number of nitrogens with one attached hydrogen (secondary N) is 1. The molecule has 0 aliphatic heterocycles. The van der Waals surface area contributed by atoms with Gasteiger partial charge in [-0.3, -0.25) is 19.2 Å². The van der Waals surface area contributed by atoms with Crippen molar-refractivity contribution in [3.05, 3.63) is 48.0 Å². The second kappa shape index (κ2) is 13.7. The average Bonchev–Trinajstić information content (AvgIpc) is 3.48. The fraction of sp³-hybridized carbons (Fsp3) is 0.721. The number of benzene rings is 1. The van der Waals surface area contributed by atoms with Gasteiger partial charge in [0.2, 0.25) is 5.91 Å². The molecule has 0 radical (unpaired) electrons. The molecular weight excluding hydrogens is 642 g/mol. The molecule has 5 aliphatic carbocycles. The lowest BCUT2D eigenvalue weighted by Gasteiger charge is -2.73. The van der Waals surface area contributed by atoms with Crippen LogP contribution in [0.15, 0.2) is 42.5 Å². The minimum absolute atomic E-state index is 0.0128. The number of amides is 1. The van der Waals surface area contributed by atoms with E-state index in [9.17, 15) is 19.2 Å². The summed E-state index contributed by atoms with van der Waals surface area (Å²) in [4.78, 5) is 50.9. The number of hydrogen-bond acceptors (Lipinski definition) is 7. The molecule has 5 saturated carbocycles. The Kier molecular flexibility index (Phi) is 10.1. The molecule has 1 amide bonds. The Bertz CT molecular complexity index is 1540. The topological polar surface area (TPSA) is 108 Å². The predicted octanol–water partition coefficient (Wildman–Crippen LogP) is 7.98. The summed E-state index contributed by atoms with van der Waals surface area (Å²) in [6.45, 7) is 19.6. The van der Waals surface area contributed by atoms with Crippen LogP contribution in [0, 0.1) is 56.7 Å². The number of esters is 3. The minimum atomic E-state index is -0.488. The largest absolute Gasteiger partial charge is 0.465 e. The van der Waals surface area contributed by atoms with Crippen molar-refractivity contribution in [1.29, 1.82) is 0 Å². The Labute approximate surface area is 305 Å². The van der Waals surface area contributed by atoms with Crippen LogP contribution in [-0.2, 0) is 39.9 Å². The van der Waals surface area contributed by atoms with Crippen molar-refractivity contribution in [2.45, 2.75) is 125 Å². The summed E-state index contributed by atoms with van der Waals surface area (Å²) in [5, 5.41) is 3.38. The molecule has 51 heavy (non-hydrogen) atoms. The maximum absolute atomic E-state index is 14.6. The summed E-state index contributed by atoms with van der Waals surface area (Å²) in [5.41, 5.74) is 1.04. The van der Waals surface area contributed by atoms with E-state index in [4.69, 9.17) is 14.2 Å². The minimum Gasteiger partial charge on any atom is -0.465 e. The van der Waals surface area contributed by atoms with E-state index in [1.54, 1.807) is 0 Å². The molecule has 1 N–H and O–H groups in total. The van der Waals surface area contributed by atoms with Gasteiger partial charge in [0, 0.05) is 32.7 Å². The number of rotatable bonds is 9. The molecule has 5 aliphatic rings. The molecule has 0 heterocycles. The van der Waals surface area contributed by atoms with Crippen LogP contribution in [0.25, 0.3) is 0 Å². The highest BCUT2D eigenvalue weighted by atomic mass is 16.6. The standard InChI is InChI=1S/C43H61NO7/c1-27(25-49-28(2)45)32-16-21-43(38(48)44-24-31-12-10-9-11-13-31)23-22-41(7)33(37(32)43)14-15-35-39(5)19-18-36(51-30(4)47)40(6,26-50-29(3)46)34(39)17-20-42(35,41)8/h9-13,32-37H,1,14-26H2,2-8H3,(H,44,48)/t32-,33?,34+,35+,36-,37+,39-,40-,41+,42+,43-/m0/s1. The quantitative estimate of drug-likeness (QED) is 0.158. The molecule has 1 aromatic rings. The van der Waals surface area contributed by atoms with Crippen LogP contribution in [0.5, 0.6) is 0 Å². The van der Waals surface area contributed by atoms with Crippen LogP contribution in [-0.4, -0.2) is 43.1 Å². The van der Waals surface area contributed by atoms with Gasteiger partial charge in [0.05, 0.1) is 5.41 Å². The van der Waals surface area contributed by atoms with E-state index in [1.165, 1.54) is 20.8 Å². The van der Waals surface area contributed by atoms with Gasteiger partial charge in [0.15, 0.2) is 0 Å². The van der Waals surface area contributed by atoms with Crippen LogP contribution in [0.4, 0.5) is 0 Å². The Balaban J connectivity index is 1.34. The van der Waals surface area contributed by atoms with Crippen molar-refractivity contribution in [2.75, 3.05) is 13.2 Å². The van der Waals surface area contributed by atoms with Crippen LogP contribution in [0.3, 0.4) is 0 Å². The Hall–Kier alpha value is -3.16. The summed E-state index contributed by atoms with van der Waals surface area (Å²) < 4.78 is 17.3. The summed E-state index contributed by atoms with van der Waals surface area (Å²) in [6, 6.07) is 10.1. The normalized spacial score (nSPS) is 41.1. The summed E-state index contributed by atoms with van der Waals surface area (Å²) >= 11 is 0. The van der Waals surface area contributed by atoms with E-state index >= 15 is 0 Å². The predicted molar refractivity (Wildman–Crippen MR) is 195 cm³/mol. The summed E-state index contributed by atoms with van der Waals surface area (Å²) in [5.74, 6) is 0.470. The molecule has 0 bridgehead atoms. The molecule has 11 atom stereocenters. The van der Waals surface area contributed by atoms with Crippen molar-refractivity contribution in [1.82, 2.24) is 5.32 Å². The van der Waals surface area contributed by atoms with E-state index in [-0.39, 0.29) is 77.1 Å². The van der Waals surface area contributed by atoms with E-state index in [0.717, 1.165) is 75.3 Å². The molecule has 0 spiro atoms. The number of carbonyl (C=O) groups excluding carboxylic acids is 4. The van der Waals surface area contributed by atoms with Crippen molar-refractivity contribution in [3.8, 4) is 0 Å². The zero-order valence-electron chi connectivity index (χ0n) is 32.1. The fourth-order valence-electron chi connectivity index (χ4n) is 13.3. The molecule has 8 nitrogen and oxygen atoms in total. The lowest BCUT2D eigenvalue weighted by molar-refractivity contribution is -0.256. The van der Waals surface area contributed by atoms with Gasteiger partial charge in [0.25, 0.3) is 0 Å². The molecule has 8 heteroatoms. The van der Waals surface area contributed by atoms with Gasteiger partial charge in [-0.2, -0.15) is 0 Å².